The molecule has 0 atom stereocenters. The maximum Gasteiger partial charge on any atom is 0.337 e. The number of carboxylic acid groups (broad SMARTS) is 1. The number of carboxylic acids is 1. The van der Waals surface area contributed by atoms with Crippen molar-refractivity contribution < 1.29 is 31.9 Å². The zero-order valence-electron chi connectivity index (χ0n) is 9.81. The molecule has 0 radical (unpaired) electrons. The minimum Gasteiger partial charge on any atom is -0.478 e. The zero-order valence-corrected chi connectivity index (χ0v) is 9.81. The van der Waals surface area contributed by atoms with E-state index in [9.17, 15) is 31.5 Å². The maximum absolute atomic E-state index is 13.6. The molecule has 0 saturated carbocycles. The minimum absolute atomic E-state index is 0.513. The van der Waals surface area contributed by atoms with Gasteiger partial charge in [0.1, 0.15) is 0 Å². The van der Waals surface area contributed by atoms with Crippen LogP contribution >= 0.6 is 0 Å². The predicted molar refractivity (Wildman–Crippen MR) is 59.2 cm³/mol. The van der Waals surface area contributed by atoms with Crippen molar-refractivity contribution in [2.24, 2.45) is 0 Å². The molecule has 2 N–H and O–H groups in total. The van der Waals surface area contributed by atoms with Gasteiger partial charge in [-0.2, -0.15) is 0 Å². The predicted octanol–water partition coefficient (Wildman–Crippen LogP) is 2.44. The van der Waals surface area contributed by atoms with Crippen molar-refractivity contribution in [3.8, 4) is 11.1 Å². The number of carbonyl (C=O) groups is 1. The van der Waals surface area contributed by atoms with Crippen molar-refractivity contribution in [1.82, 2.24) is 4.98 Å². The molecule has 4 nitrogen and oxygen atoms in total. The standard InChI is InChI=1S/C12H4F5NO3/c13-6-5(7(14)9(16)10(17)8(6)15)4-1-3(12(20)21)2-18-11(4)19/h1-2H,(H,18,19)(H,20,21). The lowest BCUT2D eigenvalue weighted by molar-refractivity contribution is 0.0696. The Morgan fingerprint density at radius 1 is 0.952 bits per heavy atom. The van der Waals surface area contributed by atoms with Crippen LogP contribution < -0.4 is 5.56 Å². The summed E-state index contributed by atoms with van der Waals surface area (Å²) in [7, 11) is 0. The Morgan fingerprint density at radius 2 is 1.43 bits per heavy atom. The van der Waals surface area contributed by atoms with Crippen LogP contribution in [0.1, 0.15) is 10.4 Å². The quantitative estimate of drug-likeness (QED) is 0.508. The topological polar surface area (TPSA) is 70.2 Å². The first kappa shape index (κ1) is 14.7. The molecule has 0 aliphatic heterocycles. The van der Waals surface area contributed by atoms with E-state index in [2.05, 4.69) is 0 Å². The van der Waals surface area contributed by atoms with E-state index >= 15 is 0 Å². The molecule has 0 unspecified atom stereocenters. The van der Waals surface area contributed by atoms with E-state index in [1.807, 2.05) is 4.98 Å². The molecule has 0 amide bonds. The number of H-pyrrole nitrogens is 1. The summed E-state index contributed by atoms with van der Waals surface area (Å²) in [6.45, 7) is 0. The lowest BCUT2D eigenvalue weighted by atomic mass is 10.0. The van der Waals surface area contributed by atoms with Gasteiger partial charge in [-0.25, -0.2) is 26.7 Å². The third kappa shape index (κ3) is 2.26. The van der Waals surface area contributed by atoms with Crippen LogP contribution in [0.3, 0.4) is 0 Å². The number of pyridine rings is 1. The molecule has 0 aliphatic carbocycles. The van der Waals surface area contributed by atoms with Crippen LogP contribution in [0.4, 0.5) is 22.0 Å². The van der Waals surface area contributed by atoms with Crippen LogP contribution in [0.15, 0.2) is 17.1 Å². The summed E-state index contributed by atoms with van der Waals surface area (Å²) in [5.74, 6) is -12.8. The van der Waals surface area contributed by atoms with Gasteiger partial charge in [-0.05, 0) is 6.07 Å². The molecule has 1 aromatic heterocycles. The van der Waals surface area contributed by atoms with Gasteiger partial charge >= 0.3 is 5.97 Å². The SMILES string of the molecule is O=C(O)c1c[nH]c(=O)c(-c2c(F)c(F)c(F)c(F)c2F)c1. The molecular weight excluding hydrogens is 301 g/mol. The van der Waals surface area contributed by atoms with Crippen molar-refractivity contribution >= 4 is 5.97 Å². The second kappa shape index (κ2) is 5.00. The zero-order chi connectivity index (χ0) is 15.9. The number of aromatic carboxylic acids is 1. The summed E-state index contributed by atoms with van der Waals surface area (Å²) in [6, 6.07) is 0.513. The molecule has 1 aromatic carbocycles. The van der Waals surface area contributed by atoms with E-state index in [1.165, 1.54) is 0 Å². The first-order valence-electron chi connectivity index (χ1n) is 5.23. The Hall–Kier alpha value is -2.71. The van der Waals surface area contributed by atoms with Gasteiger partial charge in [0.05, 0.1) is 16.7 Å². The van der Waals surface area contributed by atoms with Crippen LogP contribution in [-0.2, 0) is 0 Å². The van der Waals surface area contributed by atoms with Gasteiger partial charge in [0.2, 0.25) is 5.82 Å². The number of rotatable bonds is 2. The molecule has 21 heavy (non-hydrogen) atoms. The Labute approximate surface area is 112 Å². The lowest BCUT2D eigenvalue weighted by Crippen LogP contribution is -2.15. The molecule has 2 aromatic rings. The summed E-state index contributed by atoms with van der Waals surface area (Å²) in [4.78, 5) is 24.1. The van der Waals surface area contributed by atoms with E-state index in [4.69, 9.17) is 5.11 Å². The Bertz CT molecular complexity index is 786. The first-order valence-corrected chi connectivity index (χ1v) is 5.23. The monoisotopic (exact) mass is 305 g/mol. The van der Waals surface area contributed by atoms with Crippen LogP contribution in [0, 0.1) is 29.1 Å². The highest BCUT2D eigenvalue weighted by Crippen LogP contribution is 2.29. The van der Waals surface area contributed by atoms with Gasteiger partial charge in [0, 0.05) is 6.20 Å². The van der Waals surface area contributed by atoms with Gasteiger partial charge in [0.25, 0.3) is 5.56 Å². The first-order chi connectivity index (χ1) is 9.75. The van der Waals surface area contributed by atoms with Crippen LogP contribution in [-0.4, -0.2) is 16.1 Å². The average molecular weight is 305 g/mol. The van der Waals surface area contributed by atoms with Gasteiger partial charge in [-0.15, -0.1) is 0 Å². The molecule has 110 valence electrons. The lowest BCUT2D eigenvalue weighted by Gasteiger charge is -2.08. The smallest absolute Gasteiger partial charge is 0.337 e. The third-order valence-corrected chi connectivity index (χ3v) is 2.63. The number of halogens is 5. The highest BCUT2D eigenvalue weighted by Gasteiger charge is 2.28. The molecular formula is C12H4F5NO3. The molecule has 0 saturated heterocycles. The van der Waals surface area contributed by atoms with E-state index in [0.29, 0.717) is 6.07 Å². The molecule has 9 heteroatoms. The number of nitrogens with one attached hydrogen (secondary N) is 1. The Kier molecular flexibility index (Phi) is 3.50. The third-order valence-electron chi connectivity index (χ3n) is 2.63. The largest absolute Gasteiger partial charge is 0.478 e. The fourth-order valence-electron chi connectivity index (χ4n) is 1.63. The molecule has 1 heterocycles. The minimum atomic E-state index is -2.38. The van der Waals surface area contributed by atoms with Gasteiger partial charge < -0.3 is 10.1 Å². The summed E-state index contributed by atoms with van der Waals surface area (Å²) in [5.41, 5.74) is -4.27. The van der Waals surface area contributed by atoms with E-state index in [1.54, 1.807) is 0 Å². The highest BCUT2D eigenvalue weighted by molar-refractivity contribution is 5.88. The fraction of sp³-hybridized carbons (Fsp3) is 0. The number of hydrogen-bond donors (Lipinski definition) is 2. The van der Waals surface area contributed by atoms with Crippen molar-refractivity contribution in [2.45, 2.75) is 0 Å². The van der Waals surface area contributed by atoms with Crippen LogP contribution in [0.25, 0.3) is 11.1 Å². The highest BCUT2D eigenvalue weighted by atomic mass is 19.2. The van der Waals surface area contributed by atoms with E-state index in [0.717, 1.165) is 6.20 Å². The molecule has 2 rings (SSSR count). The summed E-state index contributed by atoms with van der Waals surface area (Å²) < 4.78 is 66.3. The number of benzene rings is 1. The average Bonchev–Trinajstić information content (AvgIpc) is 2.45. The summed E-state index contributed by atoms with van der Waals surface area (Å²) in [6.07, 6.45) is 0.722. The number of hydrogen-bond acceptors (Lipinski definition) is 2. The Balaban J connectivity index is 2.88. The van der Waals surface area contributed by atoms with E-state index in [-0.39, 0.29) is 0 Å². The molecule has 0 spiro atoms. The molecule has 0 bridgehead atoms. The molecule has 0 aliphatic rings. The van der Waals surface area contributed by atoms with Crippen LogP contribution in [0.5, 0.6) is 0 Å². The van der Waals surface area contributed by atoms with Crippen molar-refractivity contribution in [1.29, 1.82) is 0 Å². The second-order valence-electron chi connectivity index (χ2n) is 3.88. The number of aromatic nitrogens is 1. The summed E-state index contributed by atoms with van der Waals surface area (Å²) >= 11 is 0. The van der Waals surface area contributed by atoms with Crippen molar-refractivity contribution in [2.75, 3.05) is 0 Å². The van der Waals surface area contributed by atoms with Gasteiger partial charge in [-0.1, -0.05) is 0 Å². The van der Waals surface area contributed by atoms with Crippen molar-refractivity contribution in [3.63, 3.8) is 0 Å². The normalized spacial score (nSPS) is 10.7. The van der Waals surface area contributed by atoms with Crippen LogP contribution in [0.2, 0.25) is 0 Å². The summed E-state index contributed by atoms with van der Waals surface area (Å²) in [5, 5.41) is 8.72. The fourth-order valence-corrected chi connectivity index (χ4v) is 1.63. The maximum atomic E-state index is 13.6. The second-order valence-corrected chi connectivity index (χ2v) is 3.88. The van der Waals surface area contributed by atoms with Gasteiger partial charge in [0.15, 0.2) is 23.3 Å². The van der Waals surface area contributed by atoms with Gasteiger partial charge in [-0.3, -0.25) is 4.79 Å². The Morgan fingerprint density at radius 3 is 1.90 bits per heavy atom. The number of aromatic amines is 1. The molecule has 0 fully saturated rings. The van der Waals surface area contributed by atoms with E-state index < -0.39 is 57.3 Å². The van der Waals surface area contributed by atoms with Crippen molar-refractivity contribution in [3.05, 3.63) is 57.3 Å².